The minimum absolute atomic E-state index is 0.251. The smallest absolute Gasteiger partial charge is 0.415 e. The van der Waals surface area contributed by atoms with Crippen molar-refractivity contribution in [2.45, 2.75) is 50.8 Å². The third-order valence-corrected chi connectivity index (χ3v) is 4.41. The minimum Gasteiger partial charge on any atom is -0.443 e. The lowest BCUT2D eigenvalue weighted by Crippen LogP contribution is -2.49. The zero-order valence-electron chi connectivity index (χ0n) is 13.5. The van der Waals surface area contributed by atoms with Gasteiger partial charge in [-0.05, 0) is 39.3 Å². The number of nitro groups is 1. The molecule has 3 rings (SSSR count). The molecule has 2 unspecified atom stereocenters. The molecule has 1 aliphatic carbocycles. The Morgan fingerprint density at radius 3 is 2.70 bits per heavy atom. The average Bonchev–Trinajstić information content (AvgIpc) is 2.87. The van der Waals surface area contributed by atoms with E-state index >= 15 is 0 Å². The van der Waals surface area contributed by atoms with E-state index in [4.69, 9.17) is 4.74 Å². The van der Waals surface area contributed by atoms with E-state index in [0.29, 0.717) is 17.7 Å². The van der Waals surface area contributed by atoms with Crippen LogP contribution in [-0.2, 0) is 10.3 Å². The van der Waals surface area contributed by atoms with E-state index in [-0.39, 0.29) is 11.3 Å². The van der Waals surface area contributed by atoms with Gasteiger partial charge in [0.2, 0.25) is 0 Å². The van der Waals surface area contributed by atoms with Crippen molar-refractivity contribution in [3.63, 3.8) is 0 Å². The summed E-state index contributed by atoms with van der Waals surface area (Å²) < 4.78 is 5.48. The average molecular weight is 316 g/mol. The second kappa shape index (κ2) is 4.81. The van der Waals surface area contributed by atoms with E-state index in [1.165, 1.54) is 4.90 Å². The lowest BCUT2D eigenvalue weighted by molar-refractivity contribution is -0.577. The van der Waals surface area contributed by atoms with E-state index in [1.807, 2.05) is 0 Å². The SMILES string of the molecule is C=C1CC2N(C(=O)OC(C)(C)C)c3ccccc3C2([N+](=O)[O-])C1. The molecule has 0 radical (unpaired) electrons. The third-order valence-electron chi connectivity index (χ3n) is 4.41. The normalized spacial score (nSPS) is 26.0. The van der Waals surface area contributed by atoms with Gasteiger partial charge in [0.1, 0.15) is 11.6 Å². The van der Waals surface area contributed by atoms with E-state index in [9.17, 15) is 14.9 Å². The molecule has 1 aromatic rings. The van der Waals surface area contributed by atoms with Crippen LogP contribution in [0.4, 0.5) is 10.5 Å². The monoisotopic (exact) mass is 316 g/mol. The lowest BCUT2D eigenvalue weighted by Gasteiger charge is -2.29. The summed E-state index contributed by atoms with van der Waals surface area (Å²) in [4.78, 5) is 25.8. The summed E-state index contributed by atoms with van der Waals surface area (Å²) in [5.74, 6) is 0. The number of para-hydroxylation sites is 1. The molecule has 0 spiro atoms. The second-order valence-electron chi connectivity index (χ2n) is 7.20. The van der Waals surface area contributed by atoms with E-state index in [0.717, 1.165) is 5.57 Å². The fourth-order valence-corrected chi connectivity index (χ4v) is 3.63. The number of hydrogen-bond donors (Lipinski definition) is 0. The predicted octanol–water partition coefficient (Wildman–Crippen LogP) is 3.63. The zero-order chi connectivity index (χ0) is 17.0. The number of fused-ring (bicyclic) bond motifs is 3. The standard InChI is InChI=1S/C17H20N2O4/c1-11-9-14-17(10-11,19(21)22)12-7-5-6-8-13(12)18(14)15(20)23-16(2,3)4/h5-8,14H,1,9-10H2,2-4H3. The molecule has 1 aromatic carbocycles. The van der Waals surface area contributed by atoms with Crippen molar-refractivity contribution in [2.75, 3.05) is 4.90 Å². The minimum atomic E-state index is -1.31. The first kappa shape index (κ1) is 15.5. The first-order valence-electron chi connectivity index (χ1n) is 7.60. The van der Waals surface area contributed by atoms with Crippen LogP contribution in [0.25, 0.3) is 0 Å². The first-order valence-corrected chi connectivity index (χ1v) is 7.60. The molecule has 122 valence electrons. The Hall–Kier alpha value is -2.37. The predicted molar refractivity (Wildman–Crippen MR) is 86.0 cm³/mol. The van der Waals surface area contributed by atoms with Gasteiger partial charge in [0.15, 0.2) is 0 Å². The van der Waals surface area contributed by atoms with Gasteiger partial charge in [-0.3, -0.25) is 15.0 Å². The molecule has 1 aliphatic heterocycles. The van der Waals surface area contributed by atoms with Crippen LogP contribution in [0.5, 0.6) is 0 Å². The topological polar surface area (TPSA) is 72.7 Å². The summed E-state index contributed by atoms with van der Waals surface area (Å²) >= 11 is 0. The van der Waals surface area contributed by atoms with Crippen LogP contribution in [0.15, 0.2) is 36.4 Å². The van der Waals surface area contributed by atoms with Crippen LogP contribution in [0.1, 0.15) is 39.2 Å². The van der Waals surface area contributed by atoms with Crippen LogP contribution in [0.3, 0.4) is 0 Å². The van der Waals surface area contributed by atoms with Gasteiger partial charge >= 0.3 is 6.09 Å². The summed E-state index contributed by atoms with van der Waals surface area (Å²) in [6.45, 7) is 9.26. The highest BCUT2D eigenvalue weighted by atomic mass is 16.6. The summed E-state index contributed by atoms with van der Waals surface area (Å²) in [7, 11) is 0. The number of anilines is 1. The Kier molecular flexibility index (Phi) is 3.25. The fraction of sp³-hybridized carbons (Fsp3) is 0.471. The van der Waals surface area contributed by atoms with Gasteiger partial charge < -0.3 is 4.74 Å². The maximum absolute atomic E-state index is 12.7. The number of benzene rings is 1. The third kappa shape index (κ3) is 2.20. The lowest BCUT2D eigenvalue weighted by atomic mass is 9.88. The molecular formula is C17H20N2O4. The van der Waals surface area contributed by atoms with Crippen molar-refractivity contribution in [3.8, 4) is 0 Å². The van der Waals surface area contributed by atoms with E-state index in [1.54, 1.807) is 45.0 Å². The number of rotatable bonds is 1. The Morgan fingerprint density at radius 1 is 1.43 bits per heavy atom. The second-order valence-corrected chi connectivity index (χ2v) is 7.20. The molecule has 1 heterocycles. The van der Waals surface area contributed by atoms with Crippen LogP contribution >= 0.6 is 0 Å². The van der Waals surface area contributed by atoms with Gasteiger partial charge in [0.05, 0.1) is 11.3 Å². The maximum atomic E-state index is 12.7. The summed E-state index contributed by atoms with van der Waals surface area (Å²) in [6, 6.07) is 6.43. The van der Waals surface area contributed by atoms with Crippen LogP contribution in [0.2, 0.25) is 0 Å². The molecule has 1 saturated carbocycles. The molecule has 0 bridgehead atoms. The number of ether oxygens (including phenoxy) is 1. The number of carbonyl (C=O) groups excluding carboxylic acids is 1. The molecule has 0 saturated heterocycles. The Morgan fingerprint density at radius 2 is 2.09 bits per heavy atom. The molecule has 0 N–H and O–H groups in total. The van der Waals surface area contributed by atoms with Crippen molar-refractivity contribution in [2.24, 2.45) is 0 Å². The molecule has 6 heteroatoms. The zero-order valence-corrected chi connectivity index (χ0v) is 13.5. The molecule has 6 nitrogen and oxygen atoms in total. The Balaban J connectivity index is 2.13. The number of hydrogen-bond acceptors (Lipinski definition) is 4. The van der Waals surface area contributed by atoms with Crippen LogP contribution in [-0.4, -0.2) is 22.7 Å². The van der Waals surface area contributed by atoms with Crippen LogP contribution in [0, 0.1) is 10.1 Å². The molecular weight excluding hydrogens is 296 g/mol. The van der Waals surface area contributed by atoms with Gasteiger partial charge in [0.25, 0.3) is 5.54 Å². The summed E-state index contributed by atoms with van der Waals surface area (Å²) in [5.41, 5.74) is -0.0586. The Bertz CT molecular complexity index is 707. The van der Waals surface area contributed by atoms with Gasteiger partial charge in [0, 0.05) is 11.3 Å². The molecule has 1 fully saturated rings. The van der Waals surface area contributed by atoms with Gasteiger partial charge in [-0.1, -0.05) is 24.3 Å². The molecule has 2 aliphatic rings. The number of carbonyl (C=O) groups is 1. The summed E-state index contributed by atoms with van der Waals surface area (Å²) in [5, 5.41) is 12.0. The quantitative estimate of drug-likeness (QED) is 0.450. The largest absolute Gasteiger partial charge is 0.443 e. The highest BCUT2D eigenvalue weighted by Gasteiger charge is 2.66. The van der Waals surface area contributed by atoms with E-state index in [2.05, 4.69) is 6.58 Å². The molecule has 1 amide bonds. The highest BCUT2D eigenvalue weighted by molar-refractivity contribution is 5.93. The van der Waals surface area contributed by atoms with Crippen molar-refractivity contribution in [1.29, 1.82) is 0 Å². The molecule has 23 heavy (non-hydrogen) atoms. The van der Waals surface area contributed by atoms with Crippen molar-refractivity contribution in [1.82, 2.24) is 0 Å². The summed E-state index contributed by atoms with van der Waals surface area (Å²) in [6.07, 6.45) is 0.115. The van der Waals surface area contributed by atoms with Crippen molar-refractivity contribution in [3.05, 3.63) is 52.1 Å². The van der Waals surface area contributed by atoms with Crippen molar-refractivity contribution < 1.29 is 14.5 Å². The van der Waals surface area contributed by atoms with Crippen molar-refractivity contribution >= 4 is 11.8 Å². The number of nitrogens with zero attached hydrogens (tertiary/aromatic N) is 2. The van der Waals surface area contributed by atoms with Gasteiger partial charge in [-0.25, -0.2) is 4.79 Å². The van der Waals surface area contributed by atoms with Crippen LogP contribution < -0.4 is 4.90 Å². The fourth-order valence-electron chi connectivity index (χ4n) is 3.63. The van der Waals surface area contributed by atoms with Gasteiger partial charge in [-0.15, -0.1) is 0 Å². The number of amides is 1. The maximum Gasteiger partial charge on any atom is 0.415 e. The highest BCUT2D eigenvalue weighted by Crippen LogP contribution is 2.55. The molecule has 0 aromatic heterocycles. The van der Waals surface area contributed by atoms with Gasteiger partial charge in [-0.2, -0.15) is 0 Å². The first-order chi connectivity index (χ1) is 10.7. The Labute approximate surface area is 134 Å². The van der Waals surface area contributed by atoms with E-state index < -0.39 is 23.3 Å². The molecule has 2 atom stereocenters.